The van der Waals surface area contributed by atoms with Crippen LogP contribution in [0.15, 0.2) is 29.2 Å². The van der Waals surface area contributed by atoms with Gasteiger partial charge in [0, 0.05) is 35.7 Å². The van der Waals surface area contributed by atoms with Crippen LogP contribution in [0.5, 0.6) is 0 Å². The Morgan fingerprint density at radius 3 is 2.60 bits per heavy atom. The van der Waals surface area contributed by atoms with Gasteiger partial charge in [0.05, 0.1) is 12.3 Å². The molecule has 136 valence electrons. The van der Waals surface area contributed by atoms with Crippen LogP contribution in [0.2, 0.25) is 0 Å². The summed E-state index contributed by atoms with van der Waals surface area (Å²) in [6, 6.07) is 8.18. The highest BCUT2D eigenvalue weighted by Gasteiger charge is 2.33. The second kappa shape index (κ2) is 8.13. The second-order valence-corrected chi connectivity index (χ2v) is 8.12. The number of benzene rings is 1. The van der Waals surface area contributed by atoms with Crippen molar-refractivity contribution in [2.75, 3.05) is 31.1 Å². The lowest BCUT2D eigenvalue weighted by Gasteiger charge is -2.33. The van der Waals surface area contributed by atoms with Gasteiger partial charge in [0.2, 0.25) is 5.91 Å². The molecule has 1 aromatic carbocycles. The van der Waals surface area contributed by atoms with E-state index >= 15 is 0 Å². The molecule has 2 aliphatic rings. The standard InChI is InChI=1S/C19H26N2O3S/c1-3-24-19(23)20-11-9-15(10-12-20)18(22)21-13-8-14(2)25-17-7-5-4-6-16(17)21/h4-7,14-15H,3,8-13H2,1-2H3/t14-/m1/s1. The van der Waals surface area contributed by atoms with E-state index in [1.54, 1.807) is 4.90 Å². The molecule has 25 heavy (non-hydrogen) atoms. The Morgan fingerprint density at radius 2 is 1.88 bits per heavy atom. The number of ether oxygens (including phenoxy) is 1. The molecule has 2 aliphatic heterocycles. The first-order valence-corrected chi connectivity index (χ1v) is 9.97. The van der Waals surface area contributed by atoms with Gasteiger partial charge in [-0.05, 0) is 38.3 Å². The van der Waals surface area contributed by atoms with E-state index in [9.17, 15) is 9.59 Å². The van der Waals surface area contributed by atoms with Crippen molar-refractivity contribution in [2.45, 2.75) is 43.3 Å². The molecular formula is C19H26N2O3S. The van der Waals surface area contributed by atoms with E-state index in [4.69, 9.17) is 4.74 Å². The SMILES string of the molecule is CCOC(=O)N1CCC(C(=O)N2CC[C@@H](C)Sc3ccccc32)CC1. The van der Waals surface area contributed by atoms with Crippen LogP contribution >= 0.6 is 11.8 Å². The van der Waals surface area contributed by atoms with Gasteiger partial charge < -0.3 is 14.5 Å². The molecule has 1 atom stereocenters. The number of para-hydroxylation sites is 1. The number of carbonyl (C=O) groups excluding carboxylic acids is 2. The highest BCUT2D eigenvalue weighted by Crippen LogP contribution is 2.38. The maximum Gasteiger partial charge on any atom is 0.409 e. The summed E-state index contributed by atoms with van der Waals surface area (Å²) >= 11 is 1.85. The van der Waals surface area contributed by atoms with Crippen molar-refractivity contribution in [1.82, 2.24) is 4.90 Å². The number of hydrogen-bond acceptors (Lipinski definition) is 4. The molecule has 2 heterocycles. The number of piperidine rings is 1. The number of hydrogen-bond donors (Lipinski definition) is 0. The van der Waals surface area contributed by atoms with Crippen molar-refractivity contribution < 1.29 is 14.3 Å². The van der Waals surface area contributed by atoms with Crippen LogP contribution in [-0.4, -0.2) is 48.4 Å². The van der Waals surface area contributed by atoms with Crippen LogP contribution < -0.4 is 4.90 Å². The Hall–Kier alpha value is -1.69. The summed E-state index contributed by atoms with van der Waals surface area (Å²) in [6.45, 7) is 6.36. The van der Waals surface area contributed by atoms with Gasteiger partial charge in [-0.25, -0.2) is 4.79 Å². The summed E-state index contributed by atoms with van der Waals surface area (Å²) in [4.78, 5) is 29.9. The van der Waals surface area contributed by atoms with E-state index in [0.29, 0.717) is 37.8 Å². The molecule has 1 fully saturated rings. The van der Waals surface area contributed by atoms with Gasteiger partial charge in [-0.3, -0.25) is 4.79 Å². The van der Waals surface area contributed by atoms with E-state index in [1.807, 2.05) is 41.8 Å². The summed E-state index contributed by atoms with van der Waals surface area (Å²) < 4.78 is 5.06. The van der Waals surface area contributed by atoms with Crippen molar-refractivity contribution >= 4 is 29.4 Å². The van der Waals surface area contributed by atoms with Gasteiger partial charge in [0.1, 0.15) is 0 Å². The zero-order valence-electron chi connectivity index (χ0n) is 14.9. The summed E-state index contributed by atoms with van der Waals surface area (Å²) in [5, 5.41) is 0.504. The van der Waals surface area contributed by atoms with Gasteiger partial charge in [0.15, 0.2) is 0 Å². The highest BCUT2D eigenvalue weighted by molar-refractivity contribution is 8.00. The quantitative estimate of drug-likeness (QED) is 0.803. The van der Waals surface area contributed by atoms with Crippen molar-refractivity contribution in [3.05, 3.63) is 24.3 Å². The monoisotopic (exact) mass is 362 g/mol. The summed E-state index contributed by atoms with van der Waals surface area (Å²) in [5.74, 6) is 0.183. The zero-order valence-corrected chi connectivity index (χ0v) is 15.8. The third-order valence-electron chi connectivity index (χ3n) is 4.88. The van der Waals surface area contributed by atoms with Crippen LogP contribution in [0.3, 0.4) is 0 Å². The number of rotatable bonds is 2. The lowest BCUT2D eigenvalue weighted by atomic mass is 9.95. The van der Waals surface area contributed by atoms with Crippen LogP contribution in [0.1, 0.15) is 33.1 Å². The molecule has 0 spiro atoms. The Bertz CT molecular complexity index is 629. The predicted molar refractivity (Wildman–Crippen MR) is 100 cm³/mol. The molecule has 0 N–H and O–H groups in total. The summed E-state index contributed by atoms with van der Waals surface area (Å²) in [5.41, 5.74) is 1.04. The molecule has 0 unspecified atom stereocenters. The maximum atomic E-state index is 13.2. The van der Waals surface area contributed by atoms with Crippen molar-refractivity contribution in [3.63, 3.8) is 0 Å². The van der Waals surface area contributed by atoms with Gasteiger partial charge in [0.25, 0.3) is 0 Å². The molecule has 0 saturated carbocycles. The number of amides is 2. The van der Waals surface area contributed by atoms with Crippen molar-refractivity contribution in [2.24, 2.45) is 5.92 Å². The lowest BCUT2D eigenvalue weighted by Crippen LogP contribution is -2.45. The van der Waals surface area contributed by atoms with Crippen molar-refractivity contribution in [3.8, 4) is 0 Å². The minimum Gasteiger partial charge on any atom is -0.450 e. The fraction of sp³-hybridized carbons (Fsp3) is 0.579. The highest BCUT2D eigenvalue weighted by atomic mass is 32.2. The van der Waals surface area contributed by atoms with Gasteiger partial charge >= 0.3 is 6.09 Å². The normalized spacial score (nSPS) is 21.4. The largest absolute Gasteiger partial charge is 0.450 e. The zero-order chi connectivity index (χ0) is 17.8. The van der Waals surface area contributed by atoms with Crippen LogP contribution in [-0.2, 0) is 9.53 Å². The molecular weight excluding hydrogens is 336 g/mol. The molecule has 1 saturated heterocycles. The Kier molecular flexibility index (Phi) is 5.89. The second-order valence-electron chi connectivity index (χ2n) is 6.63. The average Bonchev–Trinajstić information content (AvgIpc) is 2.79. The Labute approximate surface area is 153 Å². The van der Waals surface area contributed by atoms with E-state index in [-0.39, 0.29) is 17.9 Å². The summed E-state index contributed by atoms with van der Waals surface area (Å²) in [7, 11) is 0. The predicted octanol–water partition coefficient (Wildman–Crippen LogP) is 3.77. The molecule has 2 amide bonds. The minimum atomic E-state index is -0.265. The van der Waals surface area contributed by atoms with Crippen LogP contribution in [0.25, 0.3) is 0 Å². The summed E-state index contributed by atoms with van der Waals surface area (Å²) in [6.07, 6.45) is 2.14. The van der Waals surface area contributed by atoms with E-state index in [0.717, 1.165) is 18.7 Å². The minimum absolute atomic E-state index is 0.0165. The van der Waals surface area contributed by atoms with E-state index in [1.165, 1.54) is 4.90 Å². The maximum absolute atomic E-state index is 13.2. The fourth-order valence-electron chi connectivity index (χ4n) is 3.46. The topological polar surface area (TPSA) is 49.9 Å². The smallest absolute Gasteiger partial charge is 0.409 e. The Balaban J connectivity index is 1.68. The number of carbonyl (C=O) groups is 2. The molecule has 0 bridgehead atoms. The molecule has 0 aromatic heterocycles. The number of anilines is 1. The molecule has 0 aliphatic carbocycles. The lowest BCUT2D eigenvalue weighted by molar-refractivity contribution is -0.123. The molecule has 0 radical (unpaired) electrons. The van der Waals surface area contributed by atoms with Crippen LogP contribution in [0, 0.1) is 5.92 Å². The molecule has 6 heteroatoms. The Morgan fingerprint density at radius 1 is 1.16 bits per heavy atom. The third-order valence-corrected chi connectivity index (χ3v) is 6.12. The molecule has 5 nitrogen and oxygen atoms in total. The average molecular weight is 362 g/mol. The third kappa shape index (κ3) is 4.11. The molecule has 3 rings (SSSR count). The first-order chi connectivity index (χ1) is 12.1. The van der Waals surface area contributed by atoms with Gasteiger partial charge in [-0.1, -0.05) is 19.1 Å². The number of nitrogens with zero attached hydrogens (tertiary/aromatic N) is 2. The van der Waals surface area contributed by atoms with Crippen LogP contribution in [0.4, 0.5) is 10.5 Å². The number of likely N-dealkylation sites (tertiary alicyclic amines) is 1. The van der Waals surface area contributed by atoms with E-state index in [2.05, 4.69) is 13.0 Å². The first-order valence-electron chi connectivity index (χ1n) is 9.09. The first kappa shape index (κ1) is 18.1. The number of thioether (sulfide) groups is 1. The van der Waals surface area contributed by atoms with Crippen molar-refractivity contribution in [1.29, 1.82) is 0 Å². The van der Waals surface area contributed by atoms with E-state index < -0.39 is 0 Å². The molecule has 1 aromatic rings. The van der Waals surface area contributed by atoms with Gasteiger partial charge in [-0.2, -0.15) is 0 Å². The number of fused-ring (bicyclic) bond motifs is 1. The van der Waals surface area contributed by atoms with Gasteiger partial charge in [-0.15, -0.1) is 11.8 Å². The fourth-order valence-corrected chi connectivity index (χ4v) is 4.57.